The Morgan fingerprint density at radius 3 is 2.93 bits per heavy atom. The Morgan fingerprint density at radius 1 is 1.26 bits per heavy atom. The van der Waals surface area contributed by atoms with Crippen molar-refractivity contribution in [3.05, 3.63) is 17.5 Å². The number of hydrogen-bond acceptors (Lipinski definition) is 6. The van der Waals surface area contributed by atoms with Gasteiger partial charge >= 0.3 is 0 Å². The summed E-state index contributed by atoms with van der Waals surface area (Å²) in [4.78, 5) is 24.4. The summed E-state index contributed by atoms with van der Waals surface area (Å²) in [6.45, 7) is 3.12. The second-order valence-corrected chi connectivity index (χ2v) is 7.85. The predicted octanol–water partition coefficient (Wildman–Crippen LogP) is 2.01. The number of morpholine rings is 1. The molecule has 4 rings (SSSR count). The van der Waals surface area contributed by atoms with Crippen molar-refractivity contribution in [2.24, 2.45) is 5.92 Å². The number of amides is 1. The third-order valence-electron chi connectivity index (χ3n) is 6.11. The van der Waals surface area contributed by atoms with Crippen molar-refractivity contribution in [1.29, 1.82) is 0 Å². The van der Waals surface area contributed by atoms with E-state index in [4.69, 9.17) is 14.5 Å². The SMILES string of the molecule is CO[C@@H]1CCC[C@H](C(=O)N[C@H]2CCCc3nc(N4CCOCC4)ncc32)C1. The molecule has 1 aromatic heterocycles. The maximum absolute atomic E-state index is 12.8. The van der Waals surface area contributed by atoms with Gasteiger partial charge in [0.25, 0.3) is 0 Å². The highest BCUT2D eigenvalue weighted by molar-refractivity contribution is 5.79. The van der Waals surface area contributed by atoms with Crippen LogP contribution in [0.15, 0.2) is 6.20 Å². The summed E-state index contributed by atoms with van der Waals surface area (Å²) in [7, 11) is 1.74. The number of rotatable bonds is 4. The van der Waals surface area contributed by atoms with Crippen molar-refractivity contribution in [2.75, 3.05) is 38.3 Å². The van der Waals surface area contributed by atoms with Gasteiger partial charge in [0.1, 0.15) is 0 Å². The Balaban J connectivity index is 1.44. The molecule has 2 aliphatic carbocycles. The molecule has 7 nitrogen and oxygen atoms in total. The Kier molecular flexibility index (Phi) is 5.88. The van der Waals surface area contributed by atoms with Gasteiger partial charge in [0.15, 0.2) is 0 Å². The van der Waals surface area contributed by atoms with Gasteiger partial charge in [0.05, 0.1) is 31.1 Å². The number of ether oxygens (including phenoxy) is 2. The van der Waals surface area contributed by atoms with E-state index >= 15 is 0 Å². The molecule has 27 heavy (non-hydrogen) atoms. The highest BCUT2D eigenvalue weighted by atomic mass is 16.5. The highest BCUT2D eigenvalue weighted by Crippen LogP contribution is 2.31. The van der Waals surface area contributed by atoms with Crippen molar-refractivity contribution in [3.63, 3.8) is 0 Å². The molecule has 3 aliphatic rings. The third kappa shape index (κ3) is 4.24. The lowest BCUT2D eigenvalue weighted by molar-refractivity contribution is -0.128. The van der Waals surface area contributed by atoms with E-state index in [9.17, 15) is 4.79 Å². The van der Waals surface area contributed by atoms with Crippen LogP contribution in [0.5, 0.6) is 0 Å². The minimum absolute atomic E-state index is 0.0305. The normalized spacial score (nSPS) is 28.5. The first-order chi connectivity index (χ1) is 13.2. The standard InChI is InChI=1S/C20H30N4O3/c1-26-15-5-2-4-14(12-15)19(25)22-17-6-3-7-18-16(17)13-21-20(23-18)24-8-10-27-11-9-24/h13-15,17H,2-12H2,1H3,(H,22,25)/t14-,15+,17-/m0/s1. The van der Waals surface area contributed by atoms with Crippen LogP contribution in [0.1, 0.15) is 55.8 Å². The maximum Gasteiger partial charge on any atom is 0.225 e. The summed E-state index contributed by atoms with van der Waals surface area (Å²) in [5.41, 5.74) is 2.17. The first-order valence-corrected chi connectivity index (χ1v) is 10.3. The number of hydrogen-bond donors (Lipinski definition) is 1. The zero-order valence-electron chi connectivity index (χ0n) is 16.2. The average molecular weight is 374 g/mol. The van der Waals surface area contributed by atoms with Crippen LogP contribution in [0.25, 0.3) is 0 Å². The molecular weight excluding hydrogens is 344 g/mol. The zero-order chi connectivity index (χ0) is 18.6. The number of nitrogens with zero attached hydrogens (tertiary/aromatic N) is 3. The van der Waals surface area contributed by atoms with E-state index in [2.05, 4.69) is 15.2 Å². The number of nitrogens with one attached hydrogen (secondary N) is 1. The molecule has 1 aromatic rings. The predicted molar refractivity (Wildman–Crippen MR) is 102 cm³/mol. The fourth-order valence-corrected chi connectivity index (χ4v) is 4.49. The number of aryl methyl sites for hydroxylation is 1. The summed E-state index contributed by atoms with van der Waals surface area (Å²) in [5.74, 6) is 1.01. The summed E-state index contributed by atoms with van der Waals surface area (Å²) >= 11 is 0. The van der Waals surface area contributed by atoms with E-state index in [1.54, 1.807) is 7.11 Å². The fourth-order valence-electron chi connectivity index (χ4n) is 4.49. The van der Waals surface area contributed by atoms with E-state index in [1.165, 1.54) is 0 Å². The molecule has 1 aliphatic heterocycles. The smallest absolute Gasteiger partial charge is 0.225 e. The third-order valence-corrected chi connectivity index (χ3v) is 6.11. The van der Waals surface area contributed by atoms with Crippen LogP contribution in [-0.2, 0) is 20.7 Å². The number of anilines is 1. The second-order valence-electron chi connectivity index (χ2n) is 7.85. The van der Waals surface area contributed by atoms with E-state index in [1.807, 2.05) is 6.20 Å². The molecule has 3 atom stereocenters. The average Bonchev–Trinajstić information content (AvgIpc) is 2.74. The fraction of sp³-hybridized carbons (Fsp3) is 0.750. The van der Waals surface area contributed by atoms with Gasteiger partial charge in [0, 0.05) is 37.9 Å². The largest absolute Gasteiger partial charge is 0.381 e. The van der Waals surface area contributed by atoms with Crippen LogP contribution in [0, 0.1) is 5.92 Å². The zero-order valence-corrected chi connectivity index (χ0v) is 16.2. The van der Waals surface area contributed by atoms with E-state index < -0.39 is 0 Å². The van der Waals surface area contributed by atoms with E-state index in [-0.39, 0.29) is 24.0 Å². The van der Waals surface area contributed by atoms with Crippen molar-refractivity contribution < 1.29 is 14.3 Å². The quantitative estimate of drug-likeness (QED) is 0.869. The minimum Gasteiger partial charge on any atom is -0.381 e. The summed E-state index contributed by atoms with van der Waals surface area (Å²) in [6, 6.07) is 0.0305. The Hall–Kier alpha value is -1.73. The first-order valence-electron chi connectivity index (χ1n) is 10.3. The maximum atomic E-state index is 12.8. The lowest BCUT2D eigenvalue weighted by Crippen LogP contribution is -2.39. The monoisotopic (exact) mass is 374 g/mol. The number of fused-ring (bicyclic) bond motifs is 1. The van der Waals surface area contributed by atoms with Crippen LogP contribution < -0.4 is 10.2 Å². The van der Waals surface area contributed by atoms with Crippen molar-refractivity contribution in [1.82, 2.24) is 15.3 Å². The van der Waals surface area contributed by atoms with Gasteiger partial charge in [-0.2, -0.15) is 0 Å². The second kappa shape index (κ2) is 8.52. The molecule has 7 heteroatoms. The molecule has 0 bridgehead atoms. The Labute approximate surface area is 160 Å². The van der Waals surface area contributed by atoms with Gasteiger partial charge in [-0.1, -0.05) is 6.42 Å². The van der Waals surface area contributed by atoms with Crippen LogP contribution in [0.3, 0.4) is 0 Å². The van der Waals surface area contributed by atoms with Crippen LogP contribution in [-0.4, -0.2) is 55.4 Å². The molecule has 148 valence electrons. The van der Waals surface area contributed by atoms with Gasteiger partial charge < -0.3 is 19.7 Å². The summed E-state index contributed by atoms with van der Waals surface area (Å²) in [6.07, 6.45) is 9.00. The van der Waals surface area contributed by atoms with E-state index in [0.29, 0.717) is 0 Å². The number of methoxy groups -OCH3 is 1. The van der Waals surface area contributed by atoms with Crippen molar-refractivity contribution >= 4 is 11.9 Å². The van der Waals surface area contributed by atoms with E-state index in [0.717, 1.165) is 88.5 Å². The first kappa shape index (κ1) is 18.6. The van der Waals surface area contributed by atoms with Gasteiger partial charge in [-0.05, 0) is 38.5 Å². The Morgan fingerprint density at radius 2 is 2.11 bits per heavy atom. The number of aromatic nitrogens is 2. The van der Waals surface area contributed by atoms with Gasteiger partial charge in [-0.25, -0.2) is 9.97 Å². The Bertz CT molecular complexity index is 663. The van der Waals surface area contributed by atoms with Crippen LogP contribution >= 0.6 is 0 Å². The number of carbonyl (C=O) groups excluding carboxylic acids is 1. The van der Waals surface area contributed by atoms with Crippen molar-refractivity contribution in [2.45, 2.75) is 57.1 Å². The molecule has 0 unspecified atom stereocenters. The lowest BCUT2D eigenvalue weighted by atomic mass is 9.85. The molecule has 0 radical (unpaired) electrons. The van der Waals surface area contributed by atoms with Crippen LogP contribution in [0.4, 0.5) is 5.95 Å². The van der Waals surface area contributed by atoms with Crippen molar-refractivity contribution in [3.8, 4) is 0 Å². The topological polar surface area (TPSA) is 76.6 Å². The highest BCUT2D eigenvalue weighted by Gasteiger charge is 2.31. The molecule has 1 amide bonds. The van der Waals surface area contributed by atoms with Gasteiger partial charge in [-0.15, -0.1) is 0 Å². The molecular formula is C20H30N4O3. The molecule has 0 aromatic carbocycles. The molecule has 2 heterocycles. The van der Waals surface area contributed by atoms with Crippen LogP contribution in [0.2, 0.25) is 0 Å². The summed E-state index contributed by atoms with van der Waals surface area (Å²) in [5, 5.41) is 3.28. The molecule has 0 spiro atoms. The molecule has 2 fully saturated rings. The lowest BCUT2D eigenvalue weighted by Gasteiger charge is -2.32. The molecule has 1 N–H and O–H groups in total. The van der Waals surface area contributed by atoms with Gasteiger partial charge in [0.2, 0.25) is 11.9 Å². The molecule has 1 saturated heterocycles. The minimum atomic E-state index is 0.0305. The molecule has 1 saturated carbocycles. The summed E-state index contributed by atoms with van der Waals surface area (Å²) < 4.78 is 10.9. The number of carbonyl (C=O) groups is 1. The van der Waals surface area contributed by atoms with Gasteiger partial charge in [-0.3, -0.25) is 4.79 Å².